The lowest BCUT2D eigenvalue weighted by molar-refractivity contribution is 0.506. The number of rotatable bonds is 4. The first-order valence-electron chi connectivity index (χ1n) is 5.79. The molecule has 2 aromatic carbocycles. The van der Waals surface area contributed by atoms with Crippen LogP contribution >= 0.6 is 11.8 Å². The molecule has 0 atom stereocenters. The zero-order valence-electron chi connectivity index (χ0n) is 10.9. The van der Waals surface area contributed by atoms with Crippen LogP contribution in [-0.4, -0.2) is 15.5 Å². The van der Waals surface area contributed by atoms with Crippen molar-refractivity contribution >= 4 is 27.5 Å². The van der Waals surface area contributed by atoms with E-state index in [0.29, 0.717) is 9.79 Å². The zero-order valence-corrected chi connectivity index (χ0v) is 12.6. The van der Waals surface area contributed by atoms with E-state index >= 15 is 0 Å². The zero-order chi connectivity index (χ0) is 15.6. The minimum absolute atomic E-state index is 0.0390. The molecule has 2 aromatic rings. The van der Waals surface area contributed by atoms with E-state index in [4.69, 9.17) is 5.73 Å². The van der Waals surface area contributed by atoms with Gasteiger partial charge in [0.15, 0.2) is 11.6 Å². The van der Waals surface area contributed by atoms with Crippen molar-refractivity contribution in [3.8, 4) is 0 Å². The number of anilines is 1. The molecular weight excluding hydrogens is 318 g/mol. The molecule has 0 bridgehead atoms. The van der Waals surface area contributed by atoms with E-state index in [1.54, 1.807) is 0 Å². The van der Waals surface area contributed by atoms with Gasteiger partial charge in [-0.2, -0.15) is 0 Å². The van der Waals surface area contributed by atoms with E-state index in [1.807, 2.05) is 0 Å². The van der Waals surface area contributed by atoms with Gasteiger partial charge in [0.25, 0.3) is 0 Å². The molecule has 0 aliphatic carbocycles. The van der Waals surface area contributed by atoms with Gasteiger partial charge >= 0.3 is 0 Å². The van der Waals surface area contributed by atoms with Crippen LogP contribution in [0.5, 0.6) is 0 Å². The van der Waals surface area contributed by atoms with Crippen LogP contribution in [0.15, 0.2) is 51.1 Å². The second-order valence-corrected chi connectivity index (χ2v) is 7.09. The minimum Gasteiger partial charge on any atom is -0.398 e. The SMILES string of the molecule is CNS(=O)(=O)c1ccc(Sc2ccc(F)c(F)c2)c(N)c1. The number of hydrogen-bond donors (Lipinski definition) is 2. The maximum Gasteiger partial charge on any atom is 0.240 e. The smallest absolute Gasteiger partial charge is 0.240 e. The summed E-state index contributed by atoms with van der Waals surface area (Å²) in [6.45, 7) is 0. The summed E-state index contributed by atoms with van der Waals surface area (Å²) < 4.78 is 51.5. The maximum atomic E-state index is 13.1. The van der Waals surface area contributed by atoms with Crippen molar-refractivity contribution in [2.45, 2.75) is 14.7 Å². The number of sulfonamides is 1. The van der Waals surface area contributed by atoms with E-state index in [1.165, 1.54) is 31.3 Å². The van der Waals surface area contributed by atoms with E-state index in [2.05, 4.69) is 4.72 Å². The van der Waals surface area contributed by atoms with Gasteiger partial charge in [-0.25, -0.2) is 21.9 Å². The molecule has 3 N–H and O–H groups in total. The molecule has 0 spiro atoms. The van der Waals surface area contributed by atoms with Crippen molar-refractivity contribution < 1.29 is 17.2 Å². The van der Waals surface area contributed by atoms with Gasteiger partial charge < -0.3 is 5.73 Å². The van der Waals surface area contributed by atoms with Gasteiger partial charge in [-0.3, -0.25) is 0 Å². The molecule has 0 saturated carbocycles. The highest BCUT2D eigenvalue weighted by molar-refractivity contribution is 7.99. The van der Waals surface area contributed by atoms with Crippen molar-refractivity contribution in [3.63, 3.8) is 0 Å². The Kier molecular flexibility index (Phi) is 4.50. The monoisotopic (exact) mass is 330 g/mol. The molecule has 0 aromatic heterocycles. The topological polar surface area (TPSA) is 72.2 Å². The van der Waals surface area contributed by atoms with Crippen molar-refractivity contribution in [1.82, 2.24) is 4.72 Å². The summed E-state index contributed by atoms with van der Waals surface area (Å²) in [5, 5.41) is 0. The van der Waals surface area contributed by atoms with E-state index in [9.17, 15) is 17.2 Å². The summed E-state index contributed by atoms with van der Waals surface area (Å²) in [5.41, 5.74) is 6.04. The molecule has 21 heavy (non-hydrogen) atoms. The van der Waals surface area contributed by atoms with Gasteiger partial charge in [0.1, 0.15) is 0 Å². The van der Waals surface area contributed by atoms with Crippen LogP contribution < -0.4 is 10.5 Å². The number of nitrogen functional groups attached to an aromatic ring is 1. The molecule has 0 heterocycles. The Morgan fingerprint density at radius 3 is 2.38 bits per heavy atom. The van der Waals surface area contributed by atoms with Crippen LogP contribution in [0, 0.1) is 11.6 Å². The van der Waals surface area contributed by atoms with Crippen molar-refractivity contribution in [1.29, 1.82) is 0 Å². The summed E-state index contributed by atoms with van der Waals surface area (Å²) >= 11 is 1.12. The van der Waals surface area contributed by atoms with Crippen LogP contribution in [0.25, 0.3) is 0 Å². The normalized spacial score (nSPS) is 11.6. The Hall–Kier alpha value is -1.64. The number of benzene rings is 2. The Labute approximate surface area is 125 Å². The number of nitrogens with one attached hydrogen (secondary N) is 1. The van der Waals surface area contributed by atoms with Crippen LogP contribution in [0.2, 0.25) is 0 Å². The predicted molar refractivity (Wildman–Crippen MR) is 77.6 cm³/mol. The van der Waals surface area contributed by atoms with Crippen molar-refractivity contribution in [3.05, 3.63) is 48.0 Å². The molecule has 112 valence electrons. The molecule has 0 amide bonds. The van der Waals surface area contributed by atoms with E-state index < -0.39 is 21.7 Å². The van der Waals surface area contributed by atoms with E-state index in [-0.39, 0.29) is 10.6 Å². The lowest BCUT2D eigenvalue weighted by atomic mass is 10.3. The molecule has 0 aliphatic heterocycles. The first kappa shape index (κ1) is 15.7. The Morgan fingerprint density at radius 2 is 1.81 bits per heavy atom. The second kappa shape index (κ2) is 6.00. The predicted octanol–water partition coefficient (Wildman–Crippen LogP) is 2.61. The Morgan fingerprint density at radius 1 is 1.10 bits per heavy atom. The molecule has 0 unspecified atom stereocenters. The third-order valence-electron chi connectivity index (χ3n) is 2.68. The Balaban J connectivity index is 2.31. The summed E-state index contributed by atoms with van der Waals surface area (Å²) in [7, 11) is -2.27. The highest BCUT2D eigenvalue weighted by Gasteiger charge is 2.13. The average molecular weight is 330 g/mol. The summed E-state index contributed by atoms with van der Waals surface area (Å²) in [5.74, 6) is -1.88. The summed E-state index contributed by atoms with van der Waals surface area (Å²) in [6.07, 6.45) is 0. The number of hydrogen-bond acceptors (Lipinski definition) is 4. The maximum absolute atomic E-state index is 13.1. The standard InChI is InChI=1S/C13H12F2N2O2S2/c1-17-21(18,19)9-3-5-13(12(16)7-9)20-8-2-4-10(14)11(15)6-8/h2-7,17H,16H2,1H3. The highest BCUT2D eigenvalue weighted by atomic mass is 32.2. The van der Waals surface area contributed by atoms with Gasteiger partial charge in [0.05, 0.1) is 4.90 Å². The largest absolute Gasteiger partial charge is 0.398 e. The molecule has 4 nitrogen and oxygen atoms in total. The second-order valence-electron chi connectivity index (χ2n) is 4.09. The Bertz CT molecular complexity index is 780. The lowest BCUT2D eigenvalue weighted by Crippen LogP contribution is -2.18. The molecule has 8 heteroatoms. The van der Waals surface area contributed by atoms with Crippen LogP contribution in [0.3, 0.4) is 0 Å². The molecule has 0 saturated heterocycles. The molecule has 0 fully saturated rings. The van der Waals surface area contributed by atoms with Gasteiger partial charge in [0, 0.05) is 15.5 Å². The quantitative estimate of drug-likeness (QED) is 0.845. The first-order chi connectivity index (χ1) is 9.83. The fourth-order valence-electron chi connectivity index (χ4n) is 1.57. The fraction of sp³-hybridized carbons (Fsp3) is 0.0769. The molecular formula is C13H12F2N2O2S2. The van der Waals surface area contributed by atoms with Gasteiger partial charge in [0.2, 0.25) is 10.0 Å². The van der Waals surface area contributed by atoms with Crippen LogP contribution in [0.4, 0.5) is 14.5 Å². The fourth-order valence-corrected chi connectivity index (χ4v) is 3.20. The number of halogens is 2. The van der Waals surface area contributed by atoms with Gasteiger partial charge in [-0.1, -0.05) is 11.8 Å². The van der Waals surface area contributed by atoms with Crippen molar-refractivity contribution in [2.24, 2.45) is 0 Å². The van der Waals surface area contributed by atoms with E-state index in [0.717, 1.165) is 23.9 Å². The summed E-state index contributed by atoms with van der Waals surface area (Å²) in [6, 6.07) is 7.72. The number of nitrogens with two attached hydrogens (primary N) is 1. The highest BCUT2D eigenvalue weighted by Crippen LogP contribution is 2.33. The first-order valence-corrected chi connectivity index (χ1v) is 8.09. The lowest BCUT2D eigenvalue weighted by Gasteiger charge is -2.08. The molecule has 2 rings (SSSR count). The minimum atomic E-state index is -3.57. The van der Waals surface area contributed by atoms with Crippen molar-refractivity contribution in [2.75, 3.05) is 12.8 Å². The third kappa shape index (κ3) is 3.52. The average Bonchev–Trinajstić information content (AvgIpc) is 2.45. The van der Waals surface area contributed by atoms with Crippen LogP contribution in [0.1, 0.15) is 0 Å². The molecule has 0 radical (unpaired) electrons. The third-order valence-corrected chi connectivity index (χ3v) is 5.17. The summed E-state index contributed by atoms with van der Waals surface area (Å²) in [4.78, 5) is 1.05. The van der Waals surface area contributed by atoms with Gasteiger partial charge in [-0.05, 0) is 43.4 Å². The van der Waals surface area contributed by atoms with Crippen LogP contribution in [-0.2, 0) is 10.0 Å². The molecule has 0 aliphatic rings. The van der Waals surface area contributed by atoms with Gasteiger partial charge in [-0.15, -0.1) is 0 Å².